The number of amides is 1. The van der Waals surface area contributed by atoms with Crippen molar-refractivity contribution in [1.29, 1.82) is 0 Å². The van der Waals surface area contributed by atoms with Crippen LogP contribution in [0.5, 0.6) is 0 Å². The average Bonchev–Trinajstić information content (AvgIpc) is 2.77. The van der Waals surface area contributed by atoms with E-state index in [-0.39, 0.29) is 17.3 Å². The molecule has 0 unspecified atom stereocenters. The van der Waals surface area contributed by atoms with Crippen LogP contribution in [0.3, 0.4) is 0 Å². The zero-order valence-corrected chi connectivity index (χ0v) is 12.5. The lowest BCUT2D eigenvalue weighted by Crippen LogP contribution is -2.56. The van der Waals surface area contributed by atoms with Crippen LogP contribution in [0, 0.1) is 5.82 Å². The number of aromatic nitrogens is 1. The van der Waals surface area contributed by atoms with Gasteiger partial charge < -0.3 is 4.90 Å². The smallest absolute Gasteiger partial charge is 0.223 e. The van der Waals surface area contributed by atoms with E-state index in [4.69, 9.17) is 0 Å². The molecule has 1 spiro atoms. The third-order valence-corrected chi connectivity index (χ3v) is 4.88. The highest BCUT2D eigenvalue weighted by atomic mass is 19.1. The zero-order valence-electron chi connectivity index (χ0n) is 12.5. The highest BCUT2D eigenvalue weighted by molar-refractivity contribution is 5.79. The summed E-state index contributed by atoms with van der Waals surface area (Å²) in [5.41, 5.74) is 0.669. The molecule has 1 amide bonds. The molecular formula is C16H22FN3O. The second-order valence-electron chi connectivity index (χ2n) is 6.14. The molecule has 21 heavy (non-hydrogen) atoms. The van der Waals surface area contributed by atoms with Gasteiger partial charge >= 0.3 is 0 Å². The molecule has 5 heteroatoms. The zero-order chi connectivity index (χ0) is 14.9. The van der Waals surface area contributed by atoms with Crippen LogP contribution in [0.2, 0.25) is 0 Å². The van der Waals surface area contributed by atoms with E-state index in [2.05, 4.69) is 9.88 Å². The number of hydrogen-bond donors (Lipinski definition) is 0. The monoisotopic (exact) mass is 291 g/mol. The van der Waals surface area contributed by atoms with Gasteiger partial charge in [0.15, 0.2) is 0 Å². The van der Waals surface area contributed by atoms with Gasteiger partial charge in [-0.1, -0.05) is 0 Å². The van der Waals surface area contributed by atoms with Gasteiger partial charge in [-0.05, 0) is 38.8 Å². The molecule has 1 aromatic rings. The first kappa shape index (κ1) is 14.4. The minimum absolute atomic E-state index is 0.0202. The molecule has 2 fully saturated rings. The van der Waals surface area contributed by atoms with Crippen molar-refractivity contribution in [2.45, 2.75) is 44.7 Å². The van der Waals surface area contributed by atoms with Crippen molar-refractivity contribution in [2.75, 3.05) is 19.6 Å². The minimum Gasteiger partial charge on any atom is -0.336 e. The summed E-state index contributed by atoms with van der Waals surface area (Å²) in [6.07, 6.45) is 6.64. The fraction of sp³-hybridized carbons (Fsp3) is 0.625. The molecule has 1 aromatic heterocycles. The second-order valence-corrected chi connectivity index (χ2v) is 6.14. The van der Waals surface area contributed by atoms with Crippen LogP contribution in [-0.4, -0.2) is 45.9 Å². The summed E-state index contributed by atoms with van der Waals surface area (Å²) in [4.78, 5) is 20.2. The Morgan fingerprint density at radius 1 is 1.43 bits per heavy atom. The summed E-state index contributed by atoms with van der Waals surface area (Å²) in [6.45, 7) is 5.24. The Hall–Kier alpha value is -1.49. The summed E-state index contributed by atoms with van der Waals surface area (Å²) in [5.74, 6) is 0.0291. The van der Waals surface area contributed by atoms with Crippen LogP contribution in [0.4, 0.5) is 4.39 Å². The fourth-order valence-electron chi connectivity index (χ4n) is 3.92. The summed E-state index contributed by atoms with van der Waals surface area (Å²) in [5, 5.41) is 0. The fourth-order valence-corrected chi connectivity index (χ4v) is 3.92. The molecule has 1 atom stereocenters. The Kier molecular flexibility index (Phi) is 3.93. The molecule has 2 aliphatic heterocycles. The maximum absolute atomic E-state index is 13.8. The minimum atomic E-state index is -0.244. The predicted octanol–water partition coefficient (Wildman–Crippen LogP) is 2.20. The van der Waals surface area contributed by atoms with E-state index in [1.807, 2.05) is 11.8 Å². The summed E-state index contributed by atoms with van der Waals surface area (Å²) < 4.78 is 13.8. The number of carbonyl (C=O) groups excluding carboxylic acids is 1. The van der Waals surface area contributed by atoms with Gasteiger partial charge in [0.2, 0.25) is 5.91 Å². The number of likely N-dealkylation sites (tertiary alicyclic amines) is 2. The Balaban J connectivity index is 1.74. The molecule has 3 rings (SSSR count). The standard InChI is InChI=1S/C16H22FN3O/c1-2-20-15(21)4-7-16(20)6-3-9-19(12-16)11-13-5-8-18-10-14(13)17/h5,8,10H,2-4,6-7,9,11-12H2,1H3/t16-/m0/s1. The van der Waals surface area contributed by atoms with E-state index < -0.39 is 0 Å². The molecule has 0 radical (unpaired) electrons. The number of carbonyl (C=O) groups is 1. The number of rotatable bonds is 3. The molecule has 0 bridgehead atoms. The molecular weight excluding hydrogens is 269 g/mol. The Morgan fingerprint density at radius 2 is 2.29 bits per heavy atom. The third-order valence-electron chi connectivity index (χ3n) is 4.88. The van der Waals surface area contributed by atoms with Crippen molar-refractivity contribution >= 4 is 5.91 Å². The van der Waals surface area contributed by atoms with Crippen molar-refractivity contribution < 1.29 is 9.18 Å². The second kappa shape index (κ2) is 5.72. The van der Waals surface area contributed by atoms with E-state index >= 15 is 0 Å². The van der Waals surface area contributed by atoms with E-state index in [0.717, 1.165) is 38.9 Å². The van der Waals surface area contributed by atoms with Crippen LogP contribution in [-0.2, 0) is 11.3 Å². The average molecular weight is 291 g/mol. The number of nitrogens with zero attached hydrogens (tertiary/aromatic N) is 3. The van der Waals surface area contributed by atoms with Crippen LogP contribution in [0.1, 0.15) is 38.2 Å². The lowest BCUT2D eigenvalue weighted by molar-refractivity contribution is -0.132. The van der Waals surface area contributed by atoms with Gasteiger partial charge in [-0.15, -0.1) is 0 Å². The molecule has 0 aromatic carbocycles. The Morgan fingerprint density at radius 3 is 3.05 bits per heavy atom. The topological polar surface area (TPSA) is 36.4 Å². The van der Waals surface area contributed by atoms with Crippen molar-refractivity contribution in [2.24, 2.45) is 0 Å². The van der Waals surface area contributed by atoms with E-state index in [1.54, 1.807) is 12.3 Å². The predicted molar refractivity (Wildman–Crippen MR) is 78.1 cm³/mol. The van der Waals surface area contributed by atoms with Gasteiger partial charge in [-0.3, -0.25) is 14.7 Å². The number of piperidine rings is 1. The van der Waals surface area contributed by atoms with E-state index in [0.29, 0.717) is 18.5 Å². The number of hydrogen-bond acceptors (Lipinski definition) is 3. The number of pyridine rings is 1. The lowest BCUT2D eigenvalue weighted by atomic mass is 9.86. The van der Waals surface area contributed by atoms with Gasteiger partial charge in [-0.2, -0.15) is 0 Å². The molecule has 4 nitrogen and oxygen atoms in total. The molecule has 2 saturated heterocycles. The first-order chi connectivity index (χ1) is 10.1. The summed E-state index contributed by atoms with van der Waals surface area (Å²) in [6, 6.07) is 1.74. The van der Waals surface area contributed by atoms with Crippen LogP contribution in [0.25, 0.3) is 0 Å². The third kappa shape index (κ3) is 2.67. The molecule has 0 aliphatic carbocycles. The molecule has 3 heterocycles. The lowest BCUT2D eigenvalue weighted by Gasteiger charge is -2.45. The van der Waals surface area contributed by atoms with Crippen LogP contribution in [0.15, 0.2) is 18.5 Å². The van der Waals surface area contributed by atoms with Gasteiger partial charge in [0.05, 0.1) is 11.7 Å². The quantitative estimate of drug-likeness (QED) is 0.856. The van der Waals surface area contributed by atoms with Gasteiger partial charge in [0.1, 0.15) is 5.82 Å². The summed E-state index contributed by atoms with van der Waals surface area (Å²) in [7, 11) is 0. The van der Waals surface area contributed by atoms with Crippen LogP contribution >= 0.6 is 0 Å². The van der Waals surface area contributed by atoms with Crippen molar-refractivity contribution in [3.63, 3.8) is 0 Å². The van der Waals surface area contributed by atoms with Crippen LogP contribution < -0.4 is 0 Å². The van der Waals surface area contributed by atoms with Crippen molar-refractivity contribution in [3.05, 3.63) is 29.8 Å². The highest BCUT2D eigenvalue weighted by Gasteiger charge is 2.46. The molecule has 0 N–H and O–H groups in total. The Bertz CT molecular complexity index is 536. The SMILES string of the molecule is CCN1C(=O)CC[C@]12CCCN(Cc1ccncc1F)C2. The molecule has 0 saturated carbocycles. The number of likely N-dealkylation sites (N-methyl/N-ethyl adjacent to an activating group) is 1. The van der Waals surface area contributed by atoms with Gasteiger partial charge in [0, 0.05) is 37.8 Å². The maximum Gasteiger partial charge on any atom is 0.223 e. The van der Waals surface area contributed by atoms with Crippen molar-refractivity contribution in [1.82, 2.24) is 14.8 Å². The van der Waals surface area contributed by atoms with Crippen molar-refractivity contribution in [3.8, 4) is 0 Å². The maximum atomic E-state index is 13.8. The van der Waals surface area contributed by atoms with Gasteiger partial charge in [0.25, 0.3) is 0 Å². The molecule has 114 valence electrons. The molecule has 2 aliphatic rings. The largest absolute Gasteiger partial charge is 0.336 e. The summed E-state index contributed by atoms with van der Waals surface area (Å²) >= 11 is 0. The van der Waals surface area contributed by atoms with E-state index in [1.165, 1.54) is 6.20 Å². The Labute approximate surface area is 125 Å². The van der Waals surface area contributed by atoms with E-state index in [9.17, 15) is 9.18 Å². The first-order valence-electron chi connectivity index (χ1n) is 7.76. The first-order valence-corrected chi connectivity index (χ1v) is 7.76. The van der Waals surface area contributed by atoms with Gasteiger partial charge in [-0.25, -0.2) is 4.39 Å². The normalized spacial score (nSPS) is 26.8. The highest BCUT2D eigenvalue weighted by Crippen LogP contribution is 2.38. The number of halogens is 1.